The summed E-state index contributed by atoms with van der Waals surface area (Å²) in [6.07, 6.45) is 1.69. The minimum absolute atomic E-state index is 0.149. The largest absolute Gasteiger partial charge is 0.474 e. The number of carbonyl (C=O) groups excluding carboxylic acids is 1. The van der Waals surface area contributed by atoms with Crippen molar-refractivity contribution in [2.24, 2.45) is 5.92 Å². The summed E-state index contributed by atoms with van der Waals surface area (Å²) in [6, 6.07) is 5.66. The number of thiazole rings is 1. The van der Waals surface area contributed by atoms with E-state index in [-0.39, 0.29) is 18.5 Å². The monoisotopic (exact) mass is 348 g/mol. The average molecular weight is 348 g/mol. The molecule has 1 unspecified atom stereocenters. The molecule has 1 atom stereocenters. The molecule has 7 heteroatoms. The van der Waals surface area contributed by atoms with E-state index in [4.69, 9.17) is 4.74 Å². The molecule has 1 N–H and O–H groups in total. The normalized spacial score (nSPS) is 16.9. The first kappa shape index (κ1) is 16.9. The molecule has 0 spiro atoms. The molecule has 24 heavy (non-hydrogen) atoms. The number of carbonyl (C=O) groups is 2. The molecule has 3 rings (SSSR count). The van der Waals surface area contributed by atoms with Crippen molar-refractivity contribution in [2.45, 2.75) is 32.4 Å². The van der Waals surface area contributed by atoms with Crippen LogP contribution in [0.15, 0.2) is 23.7 Å². The van der Waals surface area contributed by atoms with Gasteiger partial charge in [0.15, 0.2) is 0 Å². The van der Waals surface area contributed by atoms with E-state index in [1.54, 1.807) is 16.8 Å². The van der Waals surface area contributed by atoms with Gasteiger partial charge in [-0.05, 0) is 43.4 Å². The van der Waals surface area contributed by atoms with E-state index in [9.17, 15) is 14.7 Å². The molecular formula is C17H20N2O4S. The van der Waals surface area contributed by atoms with E-state index in [1.165, 1.54) is 4.90 Å². The highest BCUT2D eigenvalue weighted by Crippen LogP contribution is 2.25. The van der Waals surface area contributed by atoms with Gasteiger partial charge in [-0.15, -0.1) is 11.3 Å². The number of amides is 1. The number of hydrogen-bond acceptors (Lipinski definition) is 5. The van der Waals surface area contributed by atoms with Crippen LogP contribution in [0, 0.1) is 5.92 Å². The predicted octanol–water partition coefficient (Wildman–Crippen LogP) is 2.52. The van der Waals surface area contributed by atoms with E-state index in [2.05, 4.69) is 4.98 Å². The zero-order valence-corrected chi connectivity index (χ0v) is 14.3. The molecule has 2 heterocycles. The van der Waals surface area contributed by atoms with E-state index < -0.39 is 11.9 Å². The first-order valence-corrected chi connectivity index (χ1v) is 8.88. The lowest BCUT2D eigenvalue weighted by Crippen LogP contribution is -2.46. The second kappa shape index (κ2) is 7.27. The molecule has 6 nitrogen and oxygen atoms in total. The Bertz CT molecular complexity index is 739. The number of ether oxygens (including phenoxy) is 1. The van der Waals surface area contributed by atoms with Crippen molar-refractivity contribution in [1.29, 1.82) is 0 Å². The molecule has 1 aromatic heterocycles. The van der Waals surface area contributed by atoms with Gasteiger partial charge in [0.1, 0.15) is 0 Å². The van der Waals surface area contributed by atoms with Crippen molar-refractivity contribution in [1.82, 2.24) is 9.88 Å². The van der Waals surface area contributed by atoms with E-state index in [0.29, 0.717) is 13.2 Å². The van der Waals surface area contributed by atoms with Gasteiger partial charge in [0, 0.05) is 25.8 Å². The van der Waals surface area contributed by atoms with Gasteiger partial charge in [-0.2, -0.15) is 0 Å². The zero-order chi connectivity index (χ0) is 17.1. The Hall–Kier alpha value is -1.99. The molecule has 1 aliphatic heterocycles. The van der Waals surface area contributed by atoms with Crippen LogP contribution in [0.2, 0.25) is 0 Å². The Balaban J connectivity index is 1.83. The number of carboxylic acid groups (broad SMARTS) is 1. The van der Waals surface area contributed by atoms with Gasteiger partial charge in [0.25, 0.3) is 0 Å². The molecule has 128 valence electrons. The lowest BCUT2D eigenvalue weighted by atomic mass is 9.91. The van der Waals surface area contributed by atoms with Gasteiger partial charge in [-0.25, -0.2) is 9.78 Å². The van der Waals surface area contributed by atoms with Crippen molar-refractivity contribution in [3.8, 4) is 0 Å². The zero-order valence-electron chi connectivity index (χ0n) is 13.5. The summed E-state index contributed by atoms with van der Waals surface area (Å²) in [4.78, 5) is 29.2. The maximum atomic E-state index is 12.2. The first-order valence-electron chi connectivity index (χ1n) is 8.00. The Labute approximate surface area is 144 Å². The first-order chi connectivity index (χ1) is 11.6. The van der Waals surface area contributed by atoms with Gasteiger partial charge < -0.3 is 14.7 Å². The highest BCUT2D eigenvalue weighted by Gasteiger charge is 2.31. The third kappa shape index (κ3) is 3.57. The van der Waals surface area contributed by atoms with Gasteiger partial charge in [0.05, 0.1) is 15.7 Å². The second-order valence-electron chi connectivity index (χ2n) is 6.08. The molecule has 1 fully saturated rings. The van der Waals surface area contributed by atoms with Crippen molar-refractivity contribution < 1.29 is 19.4 Å². The second-order valence-corrected chi connectivity index (χ2v) is 6.97. The smallest absolute Gasteiger partial charge is 0.394 e. The number of aliphatic carboxylic acids is 1. The SMILES string of the molecule is CC(C1CCOCC1)N(Cc1ccc2scnc2c1)C(=O)C(=O)O. The van der Waals surface area contributed by atoms with Crippen LogP contribution in [0.25, 0.3) is 10.2 Å². The minimum atomic E-state index is -1.41. The molecule has 1 saturated heterocycles. The quantitative estimate of drug-likeness (QED) is 0.859. The molecular weight excluding hydrogens is 328 g/mol. The molecule has 0 bridgehead atoms. The Morgan fingerprint density at radius 1 is 1.42 bits per heavy atom. The Kier molecular flexibility index (Phi) is 5.11. The maximum Gasteiger partial charge on any atom is 0.394 e. The van der Waals surface area contributed by atoms with Gasteiger partial charge in [0.2, 0.25) is 0 Å². The molecule has 1 aliphatic rings. The Morgan fingerprint density at radius 3 is 2.88 bits per heavy atom. The summed E-state index contributed by atoms with van der Waals surface area (Å²) in [5.41, 5.74) is 3.54. The van der Waals surface area contributed by atoms with E-state index in [0.717, 1.165) is 28.6 Å². The summed E-state index contributed by atoms with van der Waals surface area (Å²) in [7, 11) is 0. The molecule has 1 amide bonds. The molecule has 2 aromatic rings. The van der Waals surface area contributed by atoms with Crippen molar-refractivity contribution in [3.63, 3.8) is 0 Å². The number of fused-ring (bicyclic) bond motifs is 1. The fraction of sp³-hybridized carbons (Fsp3) is 0.471. The number of aromatic nitrogens is 1. The standard InChI is InChI=1S/C17H20N2O4S/c1-11(13-4-6-23-7-5-13)19(16(20)17(21)22)9-12-2-3-15-14(8-12)18-10-24-15/h2-3,8,10-11,13H,4-7,9H2,1H3,(H,21,22). The minimum Gasteiger partial charge on any atom is -0.474 e. The fourth-order valence-electron chi connectivity index (χ4n) is 3.17. The van der Waals surface area contributed by atoms with E-state index in [1.807, 2.05) is 25.1 Å². The highest BCUT2D eigenvalue weighted by atomic mass is 32.1. The van der Waals surface area contributed by atoms with Gasteiger partial charge in [-0.1, -0.05) is 6.07 Å². The van der Waals surface area contributed by atoms with Crippen LogP contribution in [0.3, 0.4) is 0 Å². The summed E-state index contributed by atoms with van der Waals surface area (Å²) < 4.78 is 6.44. The molecule has 0 saturated carbocycles. The lowest BCUT2D eigenvalue weighted by Gasteiger charge is -2.35. The fourth-order valence-corrected chi connectivity index (χ4v) is 3.83. The van der Waals surface area contributed by atoms with E-state index >= 15 is 0 Å². The van der Waals surface area contributed by atoms with Crippen LogP contribution in [0.5, 0.6) is 0 Å². The van der Waals surface area contributed by atoms with Crippen LogP contribution in [-0.2, 0) is 20.9 Å². The lowest BCUT2D eigenvalue weighted by molar-refractivity contribution is -0.158. The summed E-state index contributed by atoms with van der Waals surface area (Å²) >= 11 is 1.56. The average Bonchev–Trinajstić information content (AvgIpc) is 3.07. The summed E-state index contributed by atoms with van der Waals surface area (Å²) in [6.45, 7) is 3.53. The van der Waals surface area contributed by atoms with Crippen LogP contribution in [0.1, 0.15) is 25.3 Å². The highest BCUT2D eigenvalue weighted by molar-refractivity contribution is 7.16. The third-order valence-corrected chi connectivity index (χ3v) is 5.44. The number of rotatable bonds is 4. The van der Waals surface area contributed by atoms with Crippen LogP contribution in [0.4, 0.5) is 0 Å². The van der Waals surface area contributed by atoms with Gasteiger partial charge in [-0.3, -0.25) is 4.79 Å². The Morgan fingerprint density at radius 2 is 2.17 bits per heavy atom. The number of hydrogen-bond donors (Lipinski definition) is 1. The third-order valence-electron chi connectivity index (χ3n) is 4.63. The molecule has 0 radical (unpaired) electrons. The summed E-state index contributed by atoms with van der Waals surface area (Å²) in [5, 5.41) is 9.19. The van der Waals surface area contributed by atoms with Crippen LogP contribution in [-0.4, -0.2) is 46.1 Å². The van der Waals surface area contributed by atoms with Crippen molar-refractivity contribution in [3.05, 3.63) is 29.3 Å². The number of carboxylic acids is 1. The molecule has 1 aromatic carbocycles. The number of benzene rings is 1. The van der Waals surface area contributed by atoms with Gasteiger partial charge >= 0.3 is 11.9 Å². The maximum absolute atomic E-state index is 12.2. The molecule has 0 aliphatic carbocycles. The van der Waals surface area contributed by atoms with Crippen LogP contribution >= 0.6 is 11.3 Å². The van der Waals surface area contributed by atoms with Crippen molar-refractivity contribution in [2.75, 3.05) is 13.2 Å². The topological polar surface area (TPSA) is 79.7 Å². The number of nitrogens with zero attached hydrogens (tertiary/aromatic N) is 2. The van der Waals surface area contributed by atoms with Crippen molar-refractivity contribution >= 4 is 33.4 Å². The van der Waals surface area contributed by atoms with Crippen LogP contribution < -0.4 is 0 Å². The summed E-state index contributed by atoms with van der Waals surface area (Å²) in [5.74, 6) is -2.01. The predicted molar refractivity (Wildman–Crippen MR) is 90.8 cm³/mol.